The van der Waals surface area contributed by atoms with Gasteiger partial charge in [0, 0.05) is 6.61 Å². The quantitative estimate of drug-likeness (QED) is 0.502. The highest BCUT2D eigenvalue weighted by Crippen LogP contribution is 2.47. The second kappa shape index (κ2) is 9.28. The van der Waals surface area contributed by atoms with Crippen LogP contribution in [0.5, 0.6) is 0 Å². The number of ether oxygens (including phenoxy) is 1. The van der Waals surface area contributed by atoms with E-state index in [0.717, 1.165) is 54.7 Å². The summed E-state index contributed by atoms with van der Waals surface area (Å²) in [7, 11) is 0. The number of rotatable bonds is 6. The average Bonchev–Trinajstić information content (AvgIpc) is 2.72. The molecule has 4 rings (SSSR count). The number of hydrogen-bond donors (Lipinski definition) is 0. The third-order valence-corrected chi connectivity index (χ3v) is 8.05. The normalized spacial score (nSPS) is 32.6. The van der Waals surface area contributed by atoms with Gasteiger partial charge in [-0.05, 0) is 105 Å². The van der Waals surface area contributed by atoms with Crippen LogP contribution in [-0.2, 0) is 17.6 Å². The van der Waals surface area contributed by atoms with Gasteiger partial charge in [0.05, 0.1) is 6.10 Å². The first-order valence-corrected chi connectivity index (χ1v) is 12.1. The molecule has 0 amide bonds. The lowest BCUT2D eigenvalue weighted by atomic mass is 9.65. The van der Waals surface area contributed by atoms with E-state index >= 15 is 4.39 Å². The van der Waals surface area contributed by atoms with E-state index in [4.69, 9.17) is 4.74 Å². The van der Waals surface area contributed by atoms with Gasteiger partial charge < -0.3 is 4.74 Å². The van der Waals surface area contributed by atoms with Crippen LogP contribution >= 0.6 is 0 Å². The first-order chi connectivity index (χ1) is 13.7. The molecule has 3 aliphatic carbocycles. The molecule has 156 valence electrons. The molecule has 2 heteroatoms. The van der Waals surface area contributed by atoms with Crippen LogP contribution in [-0.4, -0.2) is 12.7 Å². The molecule has 28 heavy (non-hydrogen) atoms. The molecule has 0 saturated heterocycles. The monoisotopic (exact) mass is 386 g/mol. The summed E-state index contributed by atoms with van der Waals surface area (Å²) in [4.78, 5) is 0. The zero-order valence-corrected chi connectivity index (χ0v) is 18.0. The van der Waals surface area contributed by atoms with Crippen LogP contribution in [0.4, 0.5) is 4.39 Å². The molecule has 0 spiro atoms. The van der Waals surface area contributed by atoms with Crippen LogP contribution < -0.4 is 0 Å². The minimum atomic E-state index is 0.165. The van der Waals surface area contributed by atoms with Crippen LogP contribution in [0.25, 0.3) is 0 Å². The second-order valence-corrected chi connectivity index (χ2v) is 9.78. The Hall–Kier alpha value is -0.890. The molecule has 0 heterocycles. The molecule has 0 bridgehead atoms. The maximum Gasteiger partial charge on any atom is 0.130 e. The lowest BCUT2D eigenvalue weighted by Crippen LogP contribution is -2.34. The predicted molar refractivity (Wildman–Crippen MR) is 114 cm³/mol. The molecule has 3 aliphatic rings. The Kier molecular flexibility index (Phi) is 6.76. The fraction of sp³-hybridized carbons (Fsp3) is 0.769. The van der Waals surface area contributed by atoms with Gasteiger partial charge >= 0.3 is 0 Å². The summed E-state index contributed by atoms with van der Waals surface area (Å²) in [5.74, 6) is 2.96. The summed E-state index contributed by atoms with van der Waals surface area (Å²) in [6, 6.07) is 4.44. The summed E-state index contributed by atoms with van der Waals surface area (Å²) in [6.07, 6.45) is 14.9. The van der Waals surface area contributed by atoms with Gasteiger partial charge in [0.25, 0.3) is 0 Å². The van der Waals surface area contributed by atoms with Gasteiger partial charge in [0.1, 0.15) is 5.82 Å². The Balaban J connectivity index is 1.42. The summed E-state index contributed by atoms with van der Waals surface area (Å²) in [5.41, 5.74) is 3.41. The van der Waals surface area contributed by atoms with Gasteiger partial charge in [-0.3, -0.25) is 0 Å². The fourth-order valence-electron chi connectivity index (χ4n) is 6.47. The van der Waals surface area contributed by atoms with Gasteiger partial charge in [-0.15, -0.1) is 0 Å². The lowest BCUT2D eigenvalue weighted by Gasteiger charge is -2.42. The van der Waals surface area contributed by atoms with Crippen LogP contribution in [0, 0.1) is 23.6 Å². The molecule has 1 aromatic carbocycles. The Labute approximate surface area is 171 Å². The summed E-state index contributed by atoms with van der Waals surface area (Å²) in [6.45, 7) is 5.21. The standard InChI is InChI=1S/C26H39FO/c1-3-5-6-18-7-13-24-21(15-18)11-14-25(26(24)27)22-9-8-20-17-23(28-4-2)12-10-19(20)16-22/h11,14,18-20,22-23H,3-10,12-13,15-17H2,1-2H3. The van der Waals surface area contributed by atoms with E-state index < -0.39 is 0 Å². The Morgan fingerprint density at radius 3 is 2.64 bits per heavy atom. The number of benzene rings is 1. The number of halogens is 1. The second-order valence-electron chi connectivity index (χ2n) is 9.78. The van der Waals surface area contributed by atoms with Crippen molar-refractivity contribution in [3.8, 4) is 0 Å². The van der Waals surface area contributed by atoms with Crippen LogP contribution in [0.1, 0.15) is 101 Å². The van der Waals surface area contributed by atoms with Crippen molar-refractivity contribution in [2.75, 3.05) is 6.61 Å². The molecule has 2 fully saturated rings. The highest BCUT2D eigenvalue weighted by atomic mass is 19.1. The Bertz CT molecular complexity index is 654. The average molecular weight is 387 g/mol. The molecule has 5 unspecified atom stereocenters. The lowest BCUT2D eigenvalue weighted by molar-refractivity contribution is -0.00969. The van der Waals surface area contributed by atoms with Crippen molar-refractivity contribution in [3.05, 3.63) is 34.6 Å². The van der Waals surface area contributed by atoms with Crippen molar-refractivity contribution in [1.29, 1.82) is 0 Å². The molecule has 2 saturated carbocycles. The fourth-order valence-corrected chi connectivity index (χ4v) is 6.47. The summed E-state index contributed by atoms with van der Waals surface area (Å²) in [5, 5.41) is 0. The molecular weight excluding hydrogens is 347 g/mol. The molecule has 1 aromatic rings. The van der Waals surface area contributed by atoms with Gasteiger partial charge in [0.15, 0.2) is 0 Å². The molecule has 5 atom stereocenters. The van der Waals surface area contributed by atoms with Crippen LogP contribution in [0.15, 0.2) is 12.1 Å². The molecule has 0 N–H and O–H groups in total. The Morgan fingerprint density at radius 2 is 1.82 bits per heavy atom. The molecule has 0 aromatic heterocycles. The molecule has 0 aliphatic heterocycles. The third kappa shape index (κ3) is 4.32. The molecule has 0 radical (unpaired) electrons. The first-order valence-electron chi connectivity index (χ1n) is 12.1. The van der Waals surface area contributed by atoms with Gasteiger partial charge in [-0.2, -0.15) is 0 Å². The topological polar surface area (TPSA) is 9.23 Å². The number of hydrogen-bond acceptors (Lipinski definition) is 1. The van der Waals surface area contributed by atoms with Crippen molar-refractivity contribution in [3.63, 3.8) is 0 Å². The van der Waals surface area contributed by atoms with E-state index in [1.165, 1.54) is 63.4 Å². The smallest absolute Gasteiger partial charge is 0.130 e. The predicted octanol–water partition coefficient (Wildman–Crippen LogP) is 7.21. The maximum atomic E-state index is 15.5. The number of unbranched alkanes of at least 4 members (excludes halogenated alkanes) is 1. The van der Waals surface area contributed by atoms with Gasteiger partial charge in [0.2, 0.25) is 0 Å². The zero-order chi connectivity index (χ0) is 19.5. The van der Waals surface area contributed by atoms with Crippen molar-refractivity contribution < 1.29 is 9.13 Å². The van der Waals surface area contributed by atoms with E-state index in [9.17, 15) is 0 Å². The largest absolute Gasteiger partial charge is 0.378 e. The van der Waals surface area contributed by atoms with Crippen molar-refractivity contribution in [1.82, 2.24) is 0 Å². The zero-order valence-electron chi connectivity index (χ0n) is 18.0. The Morgan fingerprint density at radius 1 is 1.00 bits per heavy atom. The molecule has 1 nitrogen and oxygen atoms in total. The van der Waals surface area contributed by atoms with E-state index in [-0.39, 0.29) is 5.82 Å². The van der Waals surface area contributed by atoms with E-state index in [0.29, 0.717) is 12.0 Å². The van der Waals surface area contributed by atoms with Crippen LogP contribution in [0.3, 0.4) is 0 Å². The van der Waals surface area contributed by atoms with E-state index in [1.807, 2.05) is 0 Å². The number of fused-ring (bicyclic) bond motifs is 2. The minimum absolute atomic E-state index is 0.165. The first kappa shape index (κ1) is 20.4. The minimum Gasteiger partial charge on any atom is -0.378 e. The van der Waals surface area contributed by atoms with E-state index in [2.05, 4.69) is 26.0 Å². The van der Waals surface area contributed by atoms with Crippen LogP contribution in [0.2, 0.25) is 0 Å². The highest BCUT2D eigenvalue weighted by molar-refractivity contribution is 5.38. The van der Waals surface area contributed by atoms with Crippen molar-refractivity contribution in [2.24, 2.45) is 17.8 Å². The SMILES string of the molecule is CCCCC1CCc2c(ccc(C3CCC4CC(OCC)CCC4C3)c2F)C1. The molecular formula is C26H39FO. The van der Waals surface area contributed by atoms with Gasteiger partial charge in [-0.1, -0.05) is 38.3 Å². The summed E-state index contributed by atoms with van der Waals surface area (Å²) < 4.78 is 21.4. The van der Waals surface area contributed by atoms with Crippen molar-refractivity contribution in [2.45, 2.75) is 103 Å². The van der Waals surface area contributed by atoms with E-state index in [1.54, 1.807) is 0 Å². The third-order valence-electron chi connectivity index (χ3n) is 8.05. The van der Waals surface area contributed by atoms with Crippen molar-refractivity contribution >= 4 is 0 Å². The maximum absolute atomic E-state index is 15.5. The van der Waals surface area contributed by atoms with Gasteiger partial charge in [-0.25, -0.2) is 4.39 Å². The summed E-state index contributed by atoms with van der Waals surface area (Å²) >= 11 is 0. The highest BCUT2D eigenvalue weighted by Gasteiger charge is 2.37.